The minimum Gasteiger partial charge on any atom is -0.465 e. The van der Waals surface area contributed by atoms with Gasteiger partial charge in [-0.15, -0.1) is 0 Å². The van der Waals surface area contributed by atoms with Gasteiger partial charge in [-0.3, -0.25) is 14.6 Å². The monoisotopic (exact) mass is 432 g/mol. The highest BCUT2D eigenvalue weighted by Gasteiger charge is 2.39. The number of aliphatic imine (C=N–C) groups is 1. The zero-order valence-electron chi connectivity index (χ0n) is 16.5. The molecule has 3 rings (SSSR count). The van der Waals surface area contributed by atoms with Crippen LogP contribution in [0.1, 0.15) is 31.9 Å². The van der Waals surface area contributed by atoms with E-state index in [1.807, 2.05) is 38.1 Å². The summed E-state index contributed by atoms with van der Waals surface area (Å²) in [6.07, 6.45) is 0.715. The lowest BCUT2D eigenvalue weighted by Gasteiger charge is -2.31. The number of benzene rings is 2. The van der Waals surface area contributed by atoms with Crippen molar-refractivity contribution in [3.8, 4) is 0 Å². The molecule has 1 aliphatic rings. The third kappa shape index (κ3) is 4.80. The summed E-state index contributed by atoms with van der Waals surface area (Å²) in [5, 5.41) is 3.45. The van der Waals surface area contributed by atoms with E-state index in [2.05, 4.69) is 5.32 Å². The van der Waals surface area contributed by atoms with E-state index in [1.54, 1.807) is 19.1 Å². The van der Waals surface area contributed by atoms with Crippen LogP contribution in [0.5, 0.6) is 0 Å². The number of halogens is 2. The van der Waals surface area contributed by atoms with E-state index in [9.17, 15) is 9.59 Å². The van der Waals surface area contributed by atoms with Crippen LogP contribution in [0.25, 0.3) is 0 Å². The van der Waals surface area contributed by atoms with Gasteiger partial charge in [0.05, 0.1) is 28.6 Å². The van der Waals surface area contributed by atoms with Gasteiger partial charge in [-0.1, -0.05) is 47.5 Å². The highest BCUT2D eigenvalue weighted by Crippen LogP contribution is 2.31. The van der Waals surface area contributed by atoms with Gasteiger partial charge in [0.1, 0.15) is 0 Å². The zero-order chi connectivity index (χ0) is 21.2. The Hall–Kier alpha value is -2.37. The molecule has 0 bridgehead atoms. The van der Waals surface area contributed by atoms with E-state index in [0.717, 1.165) is 11.1 Å². The van der Waals surface area contributed by atoms with Crippen LogP contribution >= 0.6 is 23.2 Å². The van der Waals surface area contributed by atoms with E-state index in [1.165, 1.54) is 6.07 Å². The van der Waals surface area contributed by atoms with Crippen molar-refractivity contribution in [2.24, 2.45) is 10.9 Å². The van der Waals surface area contributed by atoms with E-state index >= 15 is 0 Å². The summed E-state index contributed by atoms with van der Waals surface area (Å²) in [7, 11) is 0. The molecule has 0 saturated heterocycles. The Labute approximate surface area is 180 Å². The number of carbonyl (C=O) groups is 2. The number of anilines is 1. The van der Waals surface area contributed by atoms with Crippen molar-refractivity contribution in [3.05, 3.63) is 63.6 Å². The molecule has 0 spiro atoms. The number of esters is 1. The number of nitrogens with one attached hydrogen (secondary N) is 1. The summed E-state index contributed by atoms with van der Waals surface area (Å²) >= 11 is 12.1. The molecule has 0 radical (unpaired) electrons. The number of ether oxygens (including phenoxy) is 1. The first kappa shape index (κ1) is 21.3. The molecule has 1 atom stereocenters. The van der Waals surface area contributed by atoms with Crippen molar-refractivity contribution in [1.29, 1.82) is 0 Å². The van der Waals surface area contributed by atoms with Crippen LogP contribution in [0.2, 0.25) is 10.0 Å². The van der Waals surface area contributed by atoms with Crippen molar-refractivity contribution in [3.63, 3.8) is 0 Å². The first-order valence-corrected chi connectivity index (χ1v) is 10.1. The first-order valence-electron chi connectivity index (χ1n) is 9.32. The Bertz CT molecular complexity index is 986. The lowest BCUT2D eigenvalue weighted by Crippen LogP contribution is -2.42. The molecular formula is C22H22Cl2N2O3. The number of nitrogens with zero attached hydrogens (tertiary/aromatic N) is 1. The van der Waals surface area contributed by atoms with E-state index in [4.69, 9.17) is 32.9 Å². The number of carbonyl (C=O) groups excluding carboxylic acids is 2. The van der Waals surface area contributed by atoms with Crippen LogP contribution in [0.3, 0.4) is 0 Å². The minimum absolute atomic E-state index is 0.155. The van der Waals surface area contributed by atoms with Gasteiger partial charge in [-0.2, -0.15) is 0 Å². The molecule has 0 saturated carbocycles. The molecular weight excluding hydrogens is 411 g/mol. The topological polar surface area (TPSA) is 67.8 Å². The molecule has 2 aromatic carbocycles. The van der Waals surface area contributed by atoms with Crippen molar-refractivity contribution < 1.29 is 14.3 Å². The number of fused-ring (bicyclic) bond motifs is 1. The van der Waals surface area contributed by atoms with Crippen LogP contribution in [0, 0.1) is 5.92 Å². The summed E-state index contributed by atoms with van der Waals surface area (Å²) < 4.78 is 5.21. The van der Waals surface area contributed by atoms with Crippen molar-refractivity contribution in [2.45, 2.75) is 32.7 Å². The maximum atomic E-state index is 13.2. The predicted octanol–water partition coefficient (Wildman–Crippen LogP) is 4.94. The molecule has 1 amide bonds. The molecule has 152 valence electrons. The van der Waals surface area contributed by atoms with Gasteiger partial charge in [-0.05, 0) is 51.0 Å². The maximum Gasteiger partial charge on any atom is 0.324 e. The summed E-state index contributed by atoms with van der Waals surface area (Å²) in [6.45, 7) is 5.80. The van der Waals surface area contributed by atoms with Crippen molar-refractivity contribution >= 4 is 46.5 Å². The number of hydrogen-bond acceptors (Lipinski definition) is 4. The second-order valence-corrected chi connectivity index (χ2v) is 8.29. The van der Waals surface area contributed by atoms with Crippen molar-refractivity contribution in [1.82, 2.24) is 0 Å². The van der Waals surface area contributed by atoms with E-state index < -0.39 is 23.3 Å². The van der Waals surface area contributed by atoms with Crippen LogP contribution in [-0.2, 0) is 20.7 Å². The van der Waals surface area contributed by atoms with Gasteiger partial charge in [-0.25, -0.2) is 0 Å². The quantitative estimate of drug-likeness (QED) is 0.537. The first-order chi connectivity index (χ1) is 13.7. The molecule has 2 aromatic rings. The minimum atomic E-state index is -1.22. The summed E-state index contributed by atoms with van der Waals surface area (Å²) in [5.74, 6) is -2.43. The predicted molar refractivity (Wildman–Crippen MR) is 116 cm³/mol. The molecule has 0 aliphatic carbocycles. The van der Waals surface area contributed by atoms with Crippen LogP contribution in [0.15, 0.2) is 47.5 Å². The third-order valence-electron chi connectivity index (χ3n) is 4.59. The molecule has 0 unspecified atom stereocenters. The summed E-state index contributed by atoms with van der Waals surface area (Å²) in [5.41, 5.74) is 2.13. The lowest BCUT2D eigenvalue weighted by molar-refractivity contribution is -0.148. The molecule has 1 N–H and O–H groups in total. The Morgan fingerprint density at radius 2 is 1.93 bits per heavy atom. The Morgan fingerprint density at radius 3 is 2.62 bits per heavy atom. The molecule has 29 heavy (non-hydrogen) atoms. The largest absolute Gasteiger partial charge is 0.465 e. The molecule has 1 heterocycles. The lowest BCUT2D eigenvalue weighted by atomic mass is 9.82. The van der Waals surface area contributed by atoms with E-state index in [-0.39, 0.29) is 11.6 Å². The molecule has 7 heteroatoms. The summed E-state index contributed by atoms with van der Waals surface area (Å²) in [4.78, 5) is 30.8. The van der Waals surface area contributed by atoms with Gasteiger partial charge < -0.3 is 10.1 Å². The zero-order valence-corrected chi connectivity index (χ0v) is 18.0. The molecule has 1 aliphatic heterocycles. The van der Waals surface area contributed by atoms with Gasteiger partial charge in [0.25, 0.3) is 0 Å². The van der Waals surface area contributed by atoms with Gasteiger partial charge in [0, 0.05) is 10.6 Å². The van der Waals surface area contributed by atoms with E-state index in [0.29, 0.717) is 22.8 Å². The maximum absolute atomic E-state index is 13.2. The molecule has 0 aromatic heterocycles. The smallest absolute Gasteiger partial charge is 0.324 e. The third-order valence-corrected chi connectivity index (χ3v) is 5.13. The summed E-state index contributed by atoms with van der Waals surface area (Å²) in [6, 6.07) is 12.4. The molecule has 0 fully saturated rings. The van der Waals surface area contributed by atoms with Gasteiger partial charge in [0.15, 0.2) is 5.92 Å². The standard InChI is InChI=1S/C22H22Cl2N2O3/c1-4-29-21(28)18(20(27)25-17-10-9-14(23)11-16(17)24)19-15-8-6-5-7-13(15)12-22(2,3)26-19/h5-11,18H,4,12H2,1-3H3,(H,25,27)/t18-/m0/s1. The SMILES string of the molecule is CCOC(=O)[C@H](C(=O)Nc1ccc(Cl)cc1Cl)C1=NC(C)(C)Cc2ccccc21. The Balaban J connectivity index is 2.04. The number of amides is 1. The van der Waals surface area contributed by atoms with Crippen LogP contribution < -0.4 is 5.32 Å². The average Bonchev–Trinajstić information content (AvgIpc) is 2.63. The number of rotatable bonds is 5. The Kier molecular flexibility index (Phi) is 6.30. The second kappa shape index (κ2) is 8.56. The van der Waals surface area contributed by atoms with Gasteiger partial charge in [0.2, 0.25) is 5.91 Å². The van der Waals surface area contributed by atoms with Crippen molar-refractivity contribution in [2.75, 3.05) is 11.9 Å². The normalized spacial score (nSPS) is 15.7. The molecule has 5 nitrogen and oxygen atoms in total. The van der Waals surface area contributed by atoms with Crippen LogP contribution in [0.4, 0.5) is 5.69 Å². The Morgan fingerprint density at radius 1 is 1.21 bits per heavy atom. The highest BCUT2D eigenvalue weighted by molar-refractivity contribution is 6.37. The fourth-order valence-electron chi connectivity index (χ4n) is 3.40. The highest BCUT2D eigenvalue weighted by atomic mass is 35.5. The second-order valence-electron chi connectivity index (χ2n) is 7.44. The van der Waals surface area contributed by atoms with Crippen LogP contribution in [-0.4, -0.2) is 29.7 Å². The fraction of sp³-hybridized carbons (Fsp3) is 0.318. The number of hydrogen-bond donors (Lipinski definition) is 1. The van der Waals surface area contributed by atoms with Gasteiger partial charge >= 0.3 is 5.97 Å². The fourth-order valence-corrected chi connectivity index (χ4v) is 3.86. The average molecular weight is 433 g/mol.